The van der Waals surface area contributed by atoms with Crippen molar-refractivity contribution in [3.05, 3.63) is 28.8 Å². The Balaban J connectivity index is 0. The number of methoxy groups -OCH3 is 1. The number of carbonyl (C=O) groups excluding carboxylic acids is 1. The van der Waals surface area contributed by atoms with Crippen LogP contribution < -0.4 is 69.3 Å². The molecule has 0 aliphatic heterocycles. The first-order valence-corrected chi connectivity index (χ1v) is 6.33. The Bertz CT molecular complexity index is 660. The summed E-state index contributed by atoms with van der Waals surface area (Å²) in [5, 5.41) is 24.1. The number of aryl methyl sites for hydroxylation is 2. The molecule has 0 spiro atoms. The molecular formula is C15H17NNa2O4. The van der Waals surface area contributed by atoms with Crippen molar-refractivity contribution in [1.82, 2.24) is 4.98 Å². The van der Waals surface area contributed by atoms with Crippen LogP contribution in [0.3, 0.4) is 0 Å². The Morgan fingerprint density at radius 2 is 1.68 bits per heavy atom. The topological polar surface area (TPSA) is 85.3 Å². The fourth-order valence-corrected chi connectivity index (χ4v) is 1.95. The predicted molar refractivity (Wildman–Crippen MR) is 72.8 cm³/mol. The van der Waals surface area contributed by atoms with Gasteiger partial charge in [-0.25, -0.2) is 4.79 Å². The second-order valence-corrected chi connectivity index (χ2v) is 4.09. The van der Waals surface area contributed by atoms with Gasteiger partial charge in [-0.05, 0) is 24.8 Å². The number of fused-ring (bicyclic) bond motifs is 1. The van der Waals surface area contributed by atoms with Crippen molar-refractivity contribution in [3.63, 3.8) is 0 Å². The Hall–Kier alpha value is -0.300. The van der Waals surface area contributed by atoms with Crippen LogP contribution in [0.25, 0.3) is 10.9 Å². The van der Waals surface area contributed by atoms with Crippen molar-refractivity contribution in [2.75, 3.05) is 7.11 Å². The molecule has 0 amide bonds. The van der Waals surface area contributed by atoms with Crippen LogP contribution in [0, 0.1) is 13.8 Å². The molecular weight excluding hydrogens is 304 g/mol. The normalized spacial score (nSPS) is 8.95. The van der Waals surface area contributed by atoms with E-state index in [9.17, 15) is 15.0 Å². The zero-order valence-corrected chi connectivity index (χ0v) is 18.2. The monoisotopic (exact) mass is 321 g/mol. The Labute approximate surface area is 174 Å². The van der Waals surface area contributed by atoms with Gasteiger partial charge in [0.05, 0.1) is 18.2 Å². The molecule has 5 nitrogen and oxygen atoms in total. The molecule has 1 aromatic carbocycles. The number of hydrogen-bond acceptors (Lipinski definition) is 5. The van der Waals surface area contributed by atoms with Gasteiger partial charge >= 0.3 is 65.1 Å². The van der Waals surface area contributed by atoms with E-state index in [1.165, 1.54) is 0 Å². The molecule has 0 aliphatic carbocycles. The first-order valence-electron chi connectivity index (χ1n) is 6.33. The molecule has 0 radical (unpaired) electrons. The maximum Gasteiger partial charge on any atom is 1.00 e. The fourth-order valence-electron chi connectivity index (χ4n) is 1.95. The quantitative estimate of drug-likeness (QED) is 0.393. The molecule has 0 atom stereocenters. The summed E-state index contributed by atoms with van der Waals surface area (Å²) in [5.41, 5.74) is 1.40. The molecule has 108 valence electrons. The van der Waals surface area contributed by atoms with E-state index in [-0.39, 0.29) is 64.5 Å². The third kappa shape index (κ3) is 4.85. The van der Waals surface area contributed by atoms with Crippen LogP contribution in [0.2, 0.25) is 0 Å². The van der Waals surface area contributed by atoms with Crippen molar-refractivity contribution in [2.24, 2.45) is 0 Å². The van der Waals surface area contributed by atoms with Gasteiger partial charge in [0.25, 0.3) is 0 Å². The fraction of sp³-hybridized carbons (Fsp3) is 0.333. The molecule has 0 bridgehead atoms. The second-order valence-electron chi connectivity index (χ2n) is 4.09. The van der Waals surface area contributed by atoms with E-state index in [0.717, 1.165) is 18.2 Å². The van der Waals surface area contributed by atoms with E-state index < -0.39 is 23.2 Å². The zero-order valence-electron chi connectivity index (χ0n) is 14.2. The first-order chi connectivity index (χ1) is 9.45. The van der Waals surface area contributed by atoms with Crippen LogP contribution >= 0.6 is 0 Å². The molecule has 2 rings (SSSR count). The molecule has 2 aromatic rings. The molecule has 0 aliphatic rings. The number of aromatic nitrogens is 1. The van der Waals surface area contributed by atoms with Crippen LogP contribution in [0.5, 0.6) is 11.6 Å². The standard InChI is InChI=1S/C13H13NO4.C2H6.2Na/c1-6-4-7(2)10-8(5-6)11(15)9(12(16)14-10)13(17)18-3;1-2;;/h4-5H,1-3H3,(H2,14,15,16);1-2H3;;/q;;2*+1/p-2. The van der Waals surface area contributed by atoms with Crippen LogP contribution in [-0.4, -0.2) is 18.1 Å². The van der Waals surface area contributed by atoms with Gasteiger partial charge in [-0.15, -0.1) is 0 Å². The van der Waals surface area contributed by atoms with Gasteiger partial charge < -0.3 is 14.9 Å². The van der Waals surface area contributed by atoms with Crippen LogP contribution in [0.1, 0.15) is 35.3 Å². The summed E-state index contributed by atoms with van der Waals surface area (Å²) in [6.45, 7) is 7.59. The van der Waals surface area contributed by atoms with Crippen molar-refractivity contribution < 1.29 is 78.9 Å². The number of pyridine rings is 1. The number of esters is 1. The summed E-state index contributed by atoms with van der Waals surface area (Å²) in [4.78, 5) is 15.2. The van der Waals surface area contributed by atoms with E-state index in [1.807, 2.05) is 26.8 Å². The Morgan fingerprint density at radius 3 is 2.18 bits per heavy atom. The summed E-state index contributed by atoms with van der Waals surface area (Å²) in [7, 11) is 1.12. The minimum absolute atomic E-state index is 0. The third-order valence-electron chi connectivity index (χ3n) is 2.73. The molecule has 0 fully saturated rings. The molecule has 0 saturated heterocycles. The van der Waals surface area contributed by atoms with Crippen molar-refractivity contribution in [1.29, 1.82) is 0 Å². The maximum absolute atomic E-state index is 12.1. The van der Waals surface area contributed by atoms with Gasteiger partial charge in [-0.3, -0.25) is 4.98 Å². The number of ether oxygens (including phenoxy) is 1. The van der Waals surface area contributed by atoms with Gasteiger partial charge in [0.15, 0.2) is 0 Å². The third-order valence-corrected chi connectivity index (χ3v) is 2.73. The van der Waals surface area contributed by atoms with Crippen LogP contribution in [0.15, 0.2) is 12.1 Å². The van der Waals surface area contributed by atoms with E-state index >= 15 is 0 Å². The minimum atomic E-state index is -0.946. The van der Waals surface area contributed by atoms with Gasteiger partial charge in [-0.1, -0.05) is 37.3 Å². The zero-order chi connectivity index (χ0) is 15.4. The molecule has 22 heavy (non-hydrogen) atoms. The maximum atomic E-state index is 12.1. The smallest absolute Gasteiger partial charge is 0.871 e. The summed E-state index contributed by atoms with van der Waals surface area (Å²) >= 11 is 0. The molecule has 1 aromatic heterocycles. The first kappa shape index (κ1) is 24.0. The number of carbonyl (C=O) groups is 1. The largest absolute Gasteiger partial charge is 1.00 e. The predicted octanol–water partition coefficient (Wildman–Crippen LogP) is -4.18. The molecule has 0 saturated carbocycles. The number of hydrogen-bond donors (Lipinski definition) is 0. The van der Waals surface area contributed by atoms with E-state index in [0.29, 0.717) is 5.52 Å². The van der Waals surface area contributed by atoms with Gasteiger partial charge in [-0.2, -0.15) is 0 Å². The molecule has 1 heterocycles. The van der Waals surface area contributed by atoms with Crippen molar-refractivity contribution >= 4 is 16.9 Å². The minimum Gasteiger partial charge on any atom is -0.871 e. The SMILES string of the molecule is CC.COC(=O)c1c([O-])nc2c(C)cc(C)cc2c1[O-].[Na+].[Na+]. The van der Waals surface area contributed by atoms with Crippen molar-refractivity contribution in [2.45, 2.75) is 27.7 Å². The van der Waals surface area contributed by atoms with E-state index in [4.69, 9.17) is 0 Å². The van der Waals surface area contributed by atoms with Crippen molar-refractivity contribution in [3.8, 4) is 11.6 Å². The van der Waals surface area contributed by atoms with Crippen LogP contribution in [0.4, 0.5) is 0 Å². The van der Waals surface area contributed by atoms with Gasteiger partial charge in [0.1, 0.15) is 0 Å². The summed E-state index contributed by atoms with van der Waals surface area (Å²) < 4.78 is 4.43. The number of rotatable bonds is 1. The van der Waals surface area contributed by atoms with Gasteiger partial charge in [0.2, 0.25) is 0 Å². The van der Waals surface area contributed by atoms with E-state index in [2.05, 4.69) is 9.72 Å². The number of benzene rings is 1. The Kier molecular flexibility index (Phi) is 11.4. The molecule has 0 unspecified atom stereocenters. The molecule has 0 N–H and O–H groups in total. The summed E-state index contributed by atoms with van der Waals surface area (Å²) in [6, 6.07) is 3.44. The van der Waals surface area contributed by atoms with E-state index in [1.54, 1.807) is 13.0 Å². The average Bonchev–Trinajstić information content (AvgIpc) is 2.42. The second kappa shape index (κ2) is 10.5. The molecule has 7 heteroatoms. The van der Waals surface area contributed by atoms with Crippen LogP contribution in [-0.2, 0) is 4.74 Å². The number of nitrogens with zero attached hydrogens (tertiary/aromatic N) is 1. The summed E-state index contributed by atoms with van der Waals surface area (Å²) in [6.07, 6.45) is 0. The Morgan fingerprint density at radius 1 is 1.14 bits per heavy atom. The summed E-state index contributed by atoms with van der Waals surface area (Å²) in [5.74, 6) is -2.41. The average molecular weight is 321 g/mol. The van der Waals surface area contributed by atoms with Gasteiger partial charge in [0, 0.05) is 5.88 Å².